The summed E-state index contributed by atoms with van der Waals surface area (Å²) in [5, 5.41) is 6.25. The van der Waals surface area contributed by atoms with Crippen molar-refractivity contribution in [3.05, 3.63) is 59.4 Å². The van der Waals surface area contributed by atoms with E-state index in [1.54, 1.807) is 31.6 Å². The number of guanidine groups is 1. The molecule has 0 unspecified atom stereocenters. The highest BCUT2D eigenvalue weighted by Gasteiger charge is 2.21. The molecule has 1 aromatic heterocycles. The molecule has 2 aromatic rings. The number of aromatic nitrogens is 1. The van der Waals surface area contributed by atoms with Gasteiger partial charge in [-0.2, -0.15) is 0 Å². The van der Waals surface area contributed by atoms with Gasteiger partial charge in [0.1, 0.15) is 0 Å². The first kappa shape index (κ1) is 23.9. The van der Waals surface area contributed by atoms with E-state index < -0.39 is 0 Å². The number of pyridine rings is 1. The SMILES string of the molecule is CN=C(NCCNC(=O)c1cccnc1)N1CCN(c2cccc(C)c2C)CC1.I. The molecule has 7 nitrogen and oxygen atoms in total. The molecule has 1 amide bonds. The zero-order valence-electron chi connectivity index (χ0n) is 17.9. The number of aliphatic imine (C=N–C) groups is 1. The molecule has 0 atom stereocenters. The fourth-order valence-corrected chi connectivity index (χ4v) is 3.52. The number of nitrogens with one attached hydrogen (secondary N) is 2. The number of hydrogen-bond acceptors (Lipinski definition) is 4. The topological polar surface area (TPSA) is 72.9 Å². The smallest absolute Gasteiger partial charge is 0.252 e. The van der Waals surface area contributed by atoms with Gasteiger partial charge in [0, 0.05) is 64.4 Å². The average molecular weight is 522 g/mol. The first-order valence-electron chi connectivity index (χ1n) is 10.0. The van der Waals surface area contributed by atoms with Crippen molar-refractivity contribution in [3.8, 4) is 0 Å². The number of piperazine rings is 1. The zero-order valence-corrected chi connectivity index (χ0v) is 20.2. The normalized spacial score (nSPS) is 14.2. The highest BCUT2D eigenvalue weighted by atomic mass is 127. The summed E-state index contributed by atoms with van der Waals surface area (Å²) in [6.07, 6.45) is 3.22. The third kappa shape index (κ3) is 6.07. The van der Waals surface area contributed by atoms with E-state index in [1.807, 2.05) is 0 Å². The van der Waals surface area contributed by atoms with Crippen LogP contribution in [0.4, 0.5) is 5.69 Å². The summed E-state index contributed by atoms with van der Waals surface area (Å²) in [5.74, 6) is 0.762. The van der Waals surface area contributed by atoms with Crippen molar-refractivity contribution in [2.75, 3.05) is 51.2 Å². The highest BCUT2D eigenvalue weighted by Crippen LogP contribution is 2.23. The Morgan fingerprint density at radius 2 is 1.80 bits per heavy atom. The van der Waals surface area contributed by atoms with Gasteiger partial charge in [-0.3, -0.25) is 14.8 Å². The Balaban J connectivity index is 0.00000320. The second-order valence-corrected chi connectivity index (χ2v) is 7.16. The summed E-state index contributed by atoms with van der Waals surface area (Å²) in [5.41, 5.74) is 4.58. The summed E-state index contributed by atoms with van der Waals surface area (Å²) < 4.78 is 0. The zero-order chi connectivity index (χ0) is 20.6. The van der Waals surface area contributed by atoms with Crippen molar-refractivity contribution < 1.29 is 4.79 Å². The van der Waals surface area contributed by atoms with Crippen molar-refractivity contribution in [2.45, 2.75) is 13.8 Å². The van der Waals surface area contributed by atoms with Gasteiger partial charge in [0.25, 0.3) is 5.91 Å². The Morgan fingerprint density at radius 3 is 2.47 bits per heavy atom. The van der Waals surface area contributed by atoms with E-state index in [4.69, 9.17) is 0 Å². The maximum atomic E-state index is 12.1. The molecule has 1 fully saturated rings. The van der Waals surface area contributed by atoms with Crippen molar-refractivity contribution in [3.63, 3.8) is 0 Å². The molecule has 1 saturated heterocycles. The van der Waals surface area contributed by atoms with Crippen LogP contribution in [0.1, 0.15) is 21.5 Å². The molecular weight excluding hydrogens is 491 g/mol. The first-order valence-corrected chi connectivity index (χ1v) is 10.0. The van der Waals surface area contributed by atoms with Crippen LogP contribution in [0.15, 0.2) is 47.7 Å². The average Bonchev–Trinajstić information content (AvgIpc) is 2.76. The second kappa shape index (κ2) is 11.7. The molecule has 3 rings (SSSR count). The molecule has 0 radical (unpaired) electrons. The van der Waals surface area contributed by atoms with Crippen LogP contribution < -0.4 is 15.5 Å². The fraction of sp³-hybridized carbons (Fsp3) is 0.409. The van der Waals surface area contributed by atoms with E-state index in [1.165, 1.54) is 16.8 Å². The standard InChI is InChI=1S/C22H30N6O.HI/c1-17-6-4-8-20(18(17)2)27-12-14-28(15-13-27)22(23-3)26-11-10-25-21(29)19-7-5-9-24-16-19;/h4-9,16H,10-15H2,1-3H3,(H,23,26)(H,25,29);1H. The Hall–Kier alpha value is -2.36. The van der Waals surface area contributed by atoms with Gasteiger partial charge in [-0.25, -0.2) is 0 Å². The van der Waals surface area contributed by atoms with E-state index in [0.29, 0.717) is 18.7 Å². The molecule has 1 aliphatic rings. The van der Waals surface area contributed by atoms with Crippen molar-refractivity contribution in [1.82, 2.24) is 20.5 Å². The minimum atomic E-state index is -0.114. The number of rotatable bonds is 5. The van der Waals surface area contributed by atoms with E-state index in [2.05, 4.69) is 62.5 Å². The van der Waals surface area contributed by atoms with Crippen LogP contribution in [0.2, 0.25) is 0 Å². The van der Waals surface area contributed by atoms with E-state index in [-0.39, 0.29) is 29.9 Å². The van der Waals surface area contributed by atoms with Gasteiger partial charge in [-0.1, -0.05) is 12.1 Å². The largest absolute Gasteiger partial charge is 0.368 e. The number of amides is 1. The lowest BCUT2D eigenvalue weighted by Gasteiger charge is -2.38. The number of carbonyl (C=O) groups is 1. The van der Waals surface area contributed by atoms with Crippen molar-refractivity contribution in [2.24, 2.45) is 4.99 Å². The van der Waals surface area contributed by atoms with Crippen LogP contribution in [0, 0.1) is 13.8 Å². The molecule has 162 valence electrons. The van der Waals surface area contributed by atoms with Gasteiger partial charge < -0.3 is 20.4 Å². The van der Waals surface area contributed by atoms with E-state index in [9.17, 15) is 4.79 Å². The van der Waals surface area contributed by atoms with Crippen molar-refractivity contribution >= 4 is 41.5 Å². The van der Waals surface area contributed by atoms with Crippen LogP contribution in [0.25, 0.3) is 0 Å². The number of carbonyl (C=O) groups excluding carboxylic acids is 1. The lowest BCUT2D eigenvalue weighted by molar-refractivity contribution is 0.0954. The van der Waals surface area contributed by atoms with Crippen LogP contribution in [0.5, 0.6) is 0 Å². The number of aryl methyl sites for hydroxylation is 1. The minimum Gasteiger partial charge on any atom is -0.368 e. The van der Waals surface area contributed by atoms with Gasteiger partial charge >= 0.3 is 0 Å². The summed E-state index contributed by atoms with van der Waals surface area (Å²) in [7, 11) is 1.80. The molecule has 0 aliphatic carbocycles. The quantitative estimate of drug-likeness (QED) is 0.273. The van der Waals surface area contributed by atoms with Crippen LogP contribution in [-0.4, -0.2) is 68.1 Å². The summed E-state index contributed by atoms with van der Waals surface area (Å²) in [4.78, 5) is 25.1. The Bertz CT molecular complexity index is 850. The third-order valence-electron chi connectivity index (χ3n) is 5.33. The van der Waals surface area contributed by atoms with Gasteiger partial charge in [-0.05, 0) is 43.2 Å². The van der Waals surface area contributed by atoms with Crippen LogP contribution >= 0.6 is 24.0 Å². The number of hydrogen-bond donors (Lipinski definition) is 2. The molecule has 8 heteroatoms. The Labute approximate surface area is 196 Å². The van der Waals surface area contributed by atoms with Crippen LogP contribution in [-0.2, 0) is 0 Å². The molecule has 2 heterocycles. The summed E-state index contributed by atoms with van der Waals surface area (Å²) in [6.45, 7) is 9.24. The molecule has 30 heavy (non-hydrogen) atoms. The lowest BCUT2D eigenvalue weighted by atomic mass is 10.1. The van der Waals surface area contributed by atoms with Crippen LogP contribution in [0.3, 0.4) is 0 Å². The van der Waals surface area contributed by atoms with E-state index in [0.717, 1.165) is 32.1 Å². The van der Waals surface area contributed by atoms with Gasteiger partial charge in [0.05, 0.1) is 5.56 Å². The predicted molar refractivity (Wildman–Crippen MR) is 133 cm³/mol. The number of halogens is 1. The Kier molecular flexibility index (Phi) is 9.35. The molecule has 1 aliphatic heterocycles. The maximum Gasteiger partial charge on any atom is 0.252 e. The van der Waals surface area contributed by atoms with Gasteiger partial charge in [0.2, 0.25) is 0 Å². The lowest BCUT2D eigenvalue weighted by Crippen LogP contribution is -2.53. The predicted octanol–water partition coefficient (Wildman–Crippen LogP) is 2.44. The maximum absolute atomic E-state index is 12.1. The third-order valence-corrected chi connectivity index (χ3v) is 5.33. The van der Waals surface area contributed by atoms with Gasteiger partial charge in [0.15, 0.2) is 5.96 Å². The highest BCUT2D eigenvalue weighted by molar-refractivity contribution is 14.0. The molecule has 2 N–H and O–H groups in total. The first-order chi connectivity index (χ1) is 14.1. The van der Waals surface area contributed by atoms with Crippen molar-refractivity contribution in [1.29, 1.82) is 0 Å². The number of nitrogens with zero attached hydrogens (tertiary/aromatic N) is 4. The Morgan fingerprint density at radius 1 is 1.07 bits per heavy atom. The van der Waals surface area contributed by atoms with Gasteiger partial charge in [-0.15, -0.1) is 24.0 Å². The number of anilines is 1. The molecular formula is C22H31IN6O. The summed E-state index contributed by atoms with van der Waals surface area (Å²) in [6, 6.07) is 10.0. The monoisotopic (exact) mass is 522 g/mol. The summed E-state index contributed by atoms with van der Waals surface area (Å²) >= 11 is 0. The number of benzene rings is 1. The fourth-order valence-electron chi connectivity index (χ4n) is 3.52. The molecule has 0 bridgehead atoms. The molecule has 1 aromatic carbocycles. The molecule has 0 saturated carbocycles. The second-order valence-electron chi connectivity index (χ2n) is 7.16. The molecule has 0 spiro atoms. The minimum absolute atomic E-state index is 0. The van der Waals surface area contributed by atoms with E-state index >= 15 is 0 Å².